The van der Waals surface area contributed by atoms with Crippen molar-refractivity contribution in [1.82, 2.24) is 10.2 Å². The van der Waals surface area contributed by atoms with E-state index in [2.05, 4.69) is 21.2 Å². The number of anilines is 1. The van der Waals surface area contributed by atoms with Gasteiger partial charge in [-0.15, -0.1) is 0 Å². The lowest BCUT2D eigenvalue weighted by Gasteiger charge is -2.32. The molecule has 0 spiro atoms. The standard InChI is InChI=1S/C22H26BrCl2N3O4S/c1-5-20(22(30)26-3)27(12-15-6-9-18(24)19(25)11-15)21(29)13-28(33(4,31)32)16-7-8-17(23)14(2)10-16/h6-11,20H,5,12-13H2,1-4H3,(H,26,30). The van der Waals surface area contributed by atoms with Gasteiger partial charge in [0.2, 0.25) is 21.8 Å². The van der Waals surface area contributed by atoms with Crippen molar-refractivity contribution in [2.75, 3.05) is 24.2 Å². The van der Waals surface area contributed by atoms with E-state index in [1.807, 2.05) is 6.92 Å². The minimum Gasteiger partial charge on any atom is -0.357 e. The summed E-state index contributed by atoms with van der Waals surface area (Å²) in [6.07, 6.45) is 1.38. The average molecular weight is 579 g/mol. The van der Waals surface area contributed by atoms with Gasteiger partial charge in [-0.1, -0.05) is 52.1 Å². The quantitative estimate of drug-likeness (QED) is 0.478. The predicted octanol–water partition coefficient (Wildman–Crippen LogP) is 4.38. The molecule has 180 valence electrons. The smallest absolute Gasteiger partial charge is 0.244 e. The highest BCUT2D eigenvalue weighted by Gasteiger charge is 2.31. The first-order chi connectivity index (χ1) is 15.4. The van der Waals surface area contributed by atoms with E-state index in [4.69, 9.17) is 23.2 Å². The van der Waals surface area contributed by atoms with E-state index in [0.29, 0.717) is 27.7 Å². The molecule has 2 amide bonds. The van der Waals surface area contributed by atoms with Crippen LogP contribution in [-0.4, -0.2) is 51.0 Å². The van der Waals surface area contributed by atoms with Crippen molar-refractivity contribution in [3.63, 3.8) is 0 Å². The molecule has 0 aliphatic carbocycles. The first-order valence-electron chi connectivity index (χ1n) is 10.1. The van der Waals surface area contributed by atoms with Crippen LogP contribution in [0.25, 0.3) is 0 Å². The summed E-state index contributed by atoms with van der Waals surface area (Å²) in [7, 11) is -2.30. The number of benzene rings is 2. The molecule has 2 aromatic rings. The fraction of sp³-hybridized carbons (Fsp3) is 0.364. The molecule has 33 heavy (non-hydrogen) atoms. The lowest BCUT2D eigenvalue weighted by Crippen LogP contribution is -2.51. The van der Waals surface area contributed by atoms with Gasteiger partial charge in [-0.2, -0.15) is 0 Å². The van der Waals surface area contributed by atoms with Crippen LogP contribution in [0.2, 0.25) is 10.0 Å². The third kappa shape index (κ3) is 7.09. The third-order valence-corrected chi connectivity index (χ3v) is 7.85. The lowest BCUT2D eigenvalue weighted by atomic mass is 10.1. The van der Waals surface area contributed by atoms with Crippen LogP contribution >= 0.6 is 39.1 Å². The highest BCUT2D eigenvalue weighted by molar-refractivity contribution is 9.10. The van der Waals surface area contributed by atoms with Crippen LogP contribution in [0.3, 0.4) is 0 Å². The van der Waals surface area contributed by atoms with Crippen molar-refractivity contribution in [2.24, 2.45) is 0 Å². The van der Waals surface area contributed by atoms with Crippen molar-refractivity contribution >= 4 is 66.7 Å². The van der Waals surface area contributed by atoms with Crippen LogP contribution in [-0.2, 0) is 26.2 Å². The SMILES string of the molecule is CCC(C(=O)NC)N(Cc1ccc(Cl)c(Cl)c1)C(=O)CN(c1ccc(Br)c(C)c1)S(C)(=O)=O. The Morgan fingerprint density at radius 2 is 1.79 bits per heavy atom. The minimum atomic E-state index is -3.79. The molecule has 0 bridgehead atoms. The minimum absolute atomic E-state index is 0.0542. The second-order valence-electron chi connectivity index (χ2n) is 7.51. The molecule has 0 saturated heterocycles. The van der Waals surface area contributed by atoms with Crippen LogP contribution < -0.4 is 9.62 Å². The molecule has 1 atom stereocenters. The van der Waals surface area contributed by atoms with Gasteiger partial charge in [0.25, 0.3) is 0 Å². The van der Waals surface area contributed by atoms with E-state index in [0.717, 1.165) is 20.6 Å². The molecule has 7 nitrogen and oxygen atoms in total. The molecule has 0 aromatic heterocycles. The largest absolute Gasteiger partial charge is 0.357 e. The van der Waals surface area contributed by atoms with Gasteiger partial charge in [0.05, 0.1) is 22.0 Å². The van der Waals surface area contributed by atoms with E-state index >= 15 is 0 Å². The van der Waals surface area contributed by atoms with Gasteiger partial charge in [-0.05, 0) is 54.8 Å². The molecule has 11 heteroatoms. The Labute approximate surface area is 213 Å². The normalized spacial score (nSPS) is 12.2. The number of carbonyl (C=O) groups is 2. The molecule has 0 saturated carbocycles. The van der Waals surface area contributed by atoms with Gasteiger partial charge in [-0.3, -0.25) is 13.9 Å². The number of aryl methyl sites for hydroxylation is 1. The summed E-state index contributed by atoms with van der Waals surface area (Å²) in [5.74, 6) is -0.876. The second kappa shape index (κ2) is 11.6. The van der Waals surface area contributed by atoms with E-state index in [-0.39, 0.29) is 12.5 Å². The van der Waals surface area contributed by atoms with Gasteiger partial charge < -0.3 is 10.2 Å². The van der Waals surface area contributed by atoms with Crippen molar-refractivity contribution in [1.29, 1.82) is 0 Å². The van der Waals surface area contributed by atoms with Crippen molar-refractivity contribution < 1.29 is 18.0 Å². The fourth-order valence-corrected chi connectivity index (χ4v) is 4.73. The van der Waals surface area contributed by atoms with Gasteiger partial charge >= 0.3 is 0 Å². The Morgan fingerprint density at radius 1 is 1.12 bits per heavy atom. The van der Waals surface area contributed by atoms with Gasteiger partial charge in [0.1, 0.15) is 12.6 Å². The first kappa shape index (κ1) is 27.4. The number of likely N-dealkylation sites (N-methyl/N-ethyl adjacent to an activating group) is 1. The summed E-state index contributed by atoms with van der Waals surface area (Å²) in [5.41, 5.74) is 1.83. The highest BCUT2D eigenvalue weighted by Crippen LogP contribution is 2.26. The summed E-state index contributed by atoms with van der Waals surface area (Å²) in [6, 6.07) is 9.15. The Kier molecular flexibility index (Phi) is 9.60. The molecule has 2 aromatic carbocycles. The summed E-state index contributed by atoms with van der Waals surface area (Å²) < 4.78 is 27.0. The number of nitrogens with one attached hydrogen (secondary N) is 1. The number of hydrogen-bond acceptors (Lipinski definition) is 4. The Bertz CT molecular complexity index is 1140. The summed E-state index contributed by atoms with van der Waals surface area (Å²) in [4.78, 5) is 27.4. The van der Waals surface area contributed by atoms with E-state index in [9.17, 15) is 18.0 Å². The third-order valence-electron chi connectivity index (χ3n) is 5.08. The first-order valence-corrected chi connectivity index (χ1v) is 13.5. The maximum Gasteiger partial charge on any atom is 0.244 e. The monoisotopic (exact) mass is 577 g/mol. The number of sulfonamides is 1. The Balaban J connectivity index is 2.46. The zero-order valence-electron chi connectivity index (χ0n) is 18.7. The maximum atomic E-state index is 13.5. The predicted molar refractivity (Wildman–Crippen MR) is 136 cm³/mol. The Morgan fingerprint density at radius 3 is 2.30 bits per heavy atom. The van der Waals surface area contributed by atoms with Crippen molar-refractivity contribution in [2.45, 2.75) is 32.9 Å². The molecule has 2 rings (SSSR count). The van der Waals surface area contributed by atoms with Crippen molar-refractivity contribution in [3.05, 3.63) is 62.0 Å². The molecule has 0 fully saturated rings. The van der Waals surface area contributed by atoms with Crippen molar-refractivity contribution in [3.8, 4) is 0 Å². The van der Waals surface area contributed by atoms with Crippen LogP contribution in [0.4, 0.5) is 5.69 Å². The van der Waals surface area contributed by atoms with Crippen LogP contribution in [0.1, 0.15) is 24.5 Å². The van der Waals surface area contributed by atoms with Gasteiger partial charge in [0.15, 0.2) is 0 Å². The topological polar surface area (TPSA) is 86.8 Å². The van der Waals surface area contributed by atoms with Crippen LogP contribution in [0.15, 0.2) is 40.9 Å². The molecular formula is C22H26BrCl2N3O4S. The molecular weight excluding hydrogens is 553 g/mol. The molecule has 0 aliphatic heterocycles. The number of carbonyl (C=O) groups excluding carboxylic acids is 2. The lowest BCUT2D eigenvalue weighted by molar-refractivity contribution is -0.140. The van der Waals surface area contributed by atoms with Gasteiger partial charge in [-0.25, -0.2) is 8.42 Å². The molecule has 0 aliphatic rings. The van der Waals surface area contributed by atoms with E-state index < -0.39 is 28.5 Å². The fourth-order valence-electron chi connectivity index (χ4n) is 3.32. The number of halogens is 3. The average Bonchev–Trinajstić information content (AvgIpc) is 2.75. The maximum absolute atomic E-state index is 13.5. The summed E-state index contributed by atoms with van der Waals surface area (Å²) >= 11 is 15.5. The van der Waals surface area contributed by atoms with Gasteiger partial charge in [0, 0.05) is 18.1 Å². The zero-order valence-corrected chi connectivity index (χ0v) is 22.6. The number of amides is 2. The summed E-state index contributed by atoms with van der Waals surface area (Å²) in [6.45, 7) is 3.19. The van der Waals surface area contributed by atoms with E-state index in [1.54, 1.807) is 43.3 Å². The van der Waals surface area contributed by atoms with Crippen LogP contribution in [0, 0.1) is 6.92 Å². The number of hydrogen-bond donors (Lipinski definition) is 1. The number of nitrogens with zero attached hydrogens (tertiary/aromatic N) is 2. The van der Waals surface area contributed by atoms with E-state index in [1.165, 1.54) is 11.9 Å². The molecule has 1 unspecified atom stereocenters. The second-order valence-corrected chi connectivity index (χ2v) is 11.1. The highest BCUT2D eigenvalue weighted by atomic mass is 79.9. The molecule has 0 radical (unpaired) electrons. The Hall–Kier alpha value is -1.81. The molecule has 1 N–H and O–H groups in total. The summed E-state index contributed by atoms with van der Waals surface area (Å²) in [5, 5.41) is 3.25. The zero-order chi connectivity index (χ0) is 24.9. The van der Waals surface area contributed by atoms with Crippen LogP contribution in [0.5, 0.6) is 0 Å². The number of rotatable bonds is 9. The molecule has 0 heterocycles.